The van der Waals surface area contributed by atoms with Gasteiger partial charge in [0.15, 0.2) is 0 Å². The van der Waals surface area contributed by atoms with Gasteiger partial charge in [-0.3, -0.25) is 0 Å². The van der Waals surface area contributed by atoms with Crippen LogP contribution in [0.15, 0.2) is 0 Å². The van der Waals surface area contributed by atoms with E-state index in [1.54, 1.807) is 0 Å². The van der Waals surface area contributed by atoms with Crippen molar-refractivity contribution in [1.82, 2.24) is 15.1 Å². The minimum atomic E-state index is -0.414. The van der Waals surface area contributed by atoms with Crippen molar-refractivity contribution in [2.24, 2.45) is 5.73 Å². The van der Waals surface area contributed by atoms with Crippen LogP contribution in [-0.2, 0) is 18.2 Å². The molecule has 92 valence electrons. The van der Waals surface area contributed by atoms with Gasteiger partial charge in [-0.05, 0) is 0 Å². The Morgan fingerprint density at radius 1 is 1.00 bits per heavy atom. The first-order chi connectivity index (χ1) is 7.33. The zero-order valence-corrected chi connectivity index (χ0v) is 11.7. The zero-order chi connectivity index (χ0) is 10.7. The molecule has 0 aromatic heterocycles. The third-order valence-electron chi connectivity index (χ3n) is 2.93. The molecule has 2 N–H and O–H groups in total. The van der Waals surface area contributed by atoms with Crippen molar-refractivity contribution in [3.63, 3.8) is 0 Å². The van der Waals surface area contributed by atoms with Crippen LogP contribution in [0.5, 0.6) is 0 Å². The summed E-state index contributed by atoms with van der Waals surface area (Å²) < 4.78 is 0.862. The number of hydrazine groups is 2. The van der Waals surface area contributed by atoms with Crippen LogP contribution in [0.3, 0.4) is 0 Å². The van der Waals surface area contributed by atoms with E-state index in [2.05, 4.69) is 15.1 Å². The van der Waals surface area contributed by atoms with Crippen LogP contribution in [0.4, 0.5) is 0 Å². The fourth-order valence-electron chi connectivity index (χ4n) is 2.23. The number of nitrogens with zero attached hydrogens (tertiary/aromatic N) is 3. The quantitative estimate of drug-likeness (QED) is 0.686. The summed E-state index contributed by atoms with van der Waals surface area (Å²) in [6.07, 6.45) is 5.10. The summed E-state index contributed by atoms with van der Waals surface area (Å²) in [6.45, 7) is 4.48. The molecule has 2 aliphatic heterocycles. The monoisotopic (exact) mass is 414 g/mol. The maximum absolute atomic E-state index is 6.05. The van der Waals surface area contributed by atoms with Crippen molar-refractivity contribution in [2.75, 3.05) is 26.2 Å². The number of nitrogens with two attached hydrogens (primary N) is 1. The molecular weight excluding hydrogens is 397 g/mol. The summed E-state index contributed by atoms with van der Waals surface area (Å²) in [7, 11) is 5.94. The SMILES string of the molecule is N[C](=[Au][Cl])N(N1CCCC1)N1CCCC1. The molecule has 0 saturated carbocycles. The molecule has 2 fully saturated rings. The van der Waals surface area contributed by atoms with Gasteiger partial charge < -0.3 is 0 Å². The Hall–Kier alpha value is 0.740. The molecule has 0 bridgehead atoms. The predicted molar refractivity (Wildman–Crippen MR) is 58.5 cm³/mol. The van der Waals surface area contributed by atoms with E-state index in [1.165, 1.54) is 25.7 Å². The second-order valence-electron chi connectivity index (χ2n) is 3.95. The third kappa shape index (κ3) is 2.90. The van der Waals surface area contributed by atoms with Gasteiger partial charge in [0, 0.05) is 0 Å². The van der Waals surface area contributed by atoms with Crippen molar-refractivity contribution < 1.29 is 18.2 Å². The fraction of sp³-hybridized carbons (Fsp3) is 0.889. The Balaban J connectivity index is 2.07. The van der Waals surface area contributed by atoms with Gasteiger partial charge in [0.05, 0.1) is 0 Å². The van der Waals surface area contributed by atoms with Crippen molar-refractivity contribution in [3.05, 3.63) is 0 Å². The molecule has 0 atom stereocenters. The van der Waals surface area contributed by atoms with E-state index in [-0.39, 0.29) is 0 Å². The van der Waals surface area contributed by atoms with Crippen molar-refractivity contribution in [3.8, 4) is 0 Å². The van der Waals surface area contributed by atoms with E-state index in [1.807, 2.05) is 0 Å². The Bertz CT molecular complexity index is 220. The predicted octanol–water partition coefficient (Wildman–Crippen LogP) is 0.592. The molecule has 2 rings (SSSR count). The molecule has 0 spiro atoms. The van der Waals surface area contributed by atoms with Crippen LogP contribution in [0.25, 0.3) is 0 Å². The first-order valence-corrected chi connectivity index (χ1v) is 9.21. The van der Waals surface area contributed by atoms with Gasteiger partial charge in [0.2, 0.25) is 0 Å². The van der Waals surface area contributed by atoms with Crippen LogP contribution in [0.2, 0.25) is 0 Å². The topological polar surface area (TPSA) is 35.7 Å². The van der Waals surface area contributed by atoms with Gasteiger partial charge in [0.25, 0.3) is 0 Å². The van der Waals surface area contributed by atoms with E-state index >= 15 is 0 Å². The number of hydrogen-bond donors (Lipinski definition) is 1. The standard InChI is InChI=1S/C9H18N4.Au.ClH/c10-9-13(11-5-1-2-6-11)12-7-3-4-8-12;;/h1-8,10H2;;1H/q;+1;/p-1. The molecule has 0 aromatic carbocycles. The van der Waals surface area contributed by atoms with Gasteiger partial charge >= 0.3 is 104 Å². The van der Waals surface area contributed by atoms with Crippen molar-refractivity contribution in [2.45, 2.75) is 25.7 Å². The second-order valence-corrected chi connectivity index (χ2v) is 6.40. The first-order valence-electron chi connectivity index (χ1n) is 5.44. The third-order valence-corrected chi connectivity index (χ3v) is 4.74. The molecule has 0 amide bonds. The number of halogens is 1. The average Bonchev–Trinajstić information content (AvgIpc) is 2.90. The Morgan fingerprint density at radius 3 is 1.73 bits per heavy atom. The second kappa shape index (κ2) is 5.89. The molecule has 0 radical (unpaired) electrons. The normalized spacial score (nSPS) is 26.7. The van der Waals surface area contributed by atoms with E-state index in [4.69, 9.17) is 14.9 Å². The van der Waals surface area contributed by atoms with Crippen LogP contribution < -0.4 is 5.73 Å². The molecule has 0 unspecified atom stereocenters. The van der Waals surface area contributed by atoms with E-state index in [0.717, 1.165) is 30.2 Å². The summed E-state index contributed by atoms with van der Waals surface area (Å²) in [4.78, 5) is 0. The summed E-state index contributed by atoms with van der Waals surface area (Å²) in [5, 5.41) is 6.87. The summed E-state index contributed by atoms with van der Waals surface area (Å²) >= 11 is -0.414. The van der Waals surface area contributed by atoms with Crippen LogP contribution in [0.1, 0.15) is 25.7 Å². The molecule has 0 aliphatic carbocycles. The van der Waals surface area contributed by atoms with Crippen molar-refractivity contribution >= 4 is 13.2 Å². The van der Waals surface area contributed by atoms with Gasteiger partial charge in [-0.2, -0.15) is 0 Å². The molecule has 6 heteroatoms. The van der Waals surface area contributed by atoms with Gasteiger partial charge in [0.1, 0.15) is 0 Å². The van der Waals surface area contributed by atoms with E-state index in [0.29, 0.717) is 0 Å². The van der Waals surface area contributed by atoms with Gasteiger partial charge in [-0.1, -0.05) is 0 Å². The Kier molecular flexibility index (Phi) is 4.79. The minimum absolute atomic E-state index is 0.414. The van der Waals surface area contributed by atoms with Crippen molar-refractivity contribution in [1.29, 1.82) is 0 Å². The van der Waals surface area contributed by atoms with Crippen LogP contribution in [0, 0.1) is 0 Å². The molecule has 2 saturated heterocycles. The maximum atomic E-state index is 6.05. The van der Waals surface area contributed by atoms with Crippen LogP contribution >= 0.6 is 9.19 Å². The van der Waals surface area contributed by atoms with Gasteiger partial charge in [-0.25, -0.2) is 0 Å². The number of hydrogen-bond acceptors (Lipinski definition) is 4. The van der Waals surface area contributed by atoms with Gasteiger partial charge in [-0.15, -0.1) is 0 Å². The Morgan fingerprint density at radius 2 is 1.40 bits per heavy atom. The molecule has 4 nitrogen and oxygen atoms in total. The van der Waals surface area contributed by atoms with E-state index < -0.39 is 18.2 Å². The molecular formula is C9H18AuClN4. The summed E-state index contributed by atoms with van der Waals surface area (Å²) in [5.74, 6) is 0. The van der Waals surface area contributed by atoms with Crippen LogP contribution in [-0.4, -0.2) is 45.3 Å². The Labute approximate surface area is 104 Å². The summed E-state index contributed by atoms with van der Waals surface area (Å²) in [6, 6.07) is 0. The molecule has 0 aromatic rings. The first kappa shape index (κ1) is 12.2. The number of rotatable bonds is 3. The summed E-state index contributed by atoms with van der Waals surface area (Å²) in [5.41, 5.74) is 6.05. The molecule has 2 heterocycles. The zero-order valence-electron chi connectivity index (χ0n) is 8.76. The average molecular weight is 415 g/mol. The molecule has 15 heavy (non-hydrogen) atoms. The van der Waals surface area contributed by atoms with E-state index in [9.17, 15) is 0 Å². The molecule has 2 aliphatic rings. The fourth-order valence-corrected chi connectivity index (χ4v) is 3.38.